The molecule has 1 aromatic rings. The summed E-state index contributed by atoms with van der Waals surface area (Å²) in [5.41, 5.74) is 1.01. The molecule has 13 heavy (non-hydrogen) atoms. The largest absolute Gasteiger partial charge is 0.392 e. The van der Waals surface area contributed by atoms with Gasteiger partial charge >= 0.3 is 0 Å². The molecule has 0 radical (unpaired) electrons. The van der Waals surface area contributed by atoms with Crippen LogP contribution in [0.25, 0.3) is 0 Å². The number of hydrogen-bond acceptors (Lipinski definition) is 5. The minimum absolute atomic E-state index is 0.165. The van der Waals surface area contributed by atoms with E-state index in [9.17, 15) is 5.11 Å². The molecule has 5 heteroatoms. The van der Waals surface area contributed by atoms with Gasteiger partial charge in [-0.05, 0) is 24.9 Å². The summed E-state index contributed by atoms with van der Waals surface area (Å²) in [6.07, 6.45) is 0.707. The summed E-state index contributed by atoms with van der Waals surface area (Å²) >= 11 is 1.37. The van der Waals surface area contributed by atoms with Gasteiger partial charge in [0.2, 0.25) is 0 Å². The summed E-state index contributed by atoms with van der Waals surface area (Å²) < 4.78 is 3.81. The lowest BCUT2D eigenvalue weighted by Crippen LogP contribution is -2.27. The highest BCUT2D eigenvalue weighted by atomic mass is 32.1. The molecule has 0 saturated carbocycles. The van der Waals surface area contributed by atoms with Gasteiger partial charge in [-0.3, -0.25) is 4.90 Å². The van der Waals surface area contributed by atoms with Crippen molar-refractivity contribution in [3.05, 3.63) is 11.1 Å². The Morgan fingerprint density at radius 3 is 3.15 bits per heavy atom. The van der Waals surface area contributed by atoms with Gasteiger partial charge in [0.25, 0.3) is 0 Å². The fourth-order valence-corrected chi connectivity index (χ4v) is 2.19. The third kappa shape index (κ3) is 2.04. The van der Waals surface area contributed by atoms with Crippen molar-refractivity contribution in [3.63, 3.8) is 0 Å². The first-order chi connectivity index (χ1) is 6.25. The highest BCUT2D eigenvalue weighted by Gasteiger charge is 2.27. The SMILES string of the molecule is CC1CC(O)CN1Cc1csnn1. The summed E-state index contributed by atoms with van der Waals surface area (Å²) in [6, 6.07) is 0.455. The molecular formula is C8H13N3OS. The van der Waals surface area contributed by atoms with Gasteiger partial charge in [0.15, 0.2) is 0 Å². The summed E-state index contributed by atoms with van der Waals surface area (Å²) in [5, 5.41) is 15.4. The quantitative estimate of drug-likeness (QED) is 0.753. The van der Waals surface area contributed by atoms with Crippen LogP contribution in [-0.2, 0) is 6.54 Å². The summed E-state index contributed by atoms with van der Waals surface area (Å²) in [4.78, 5) is 2.24. The van der Waals surface area contributed by atoms with Crippen LogP contribution in [0.3, 0.4) is 0 Å². The molecule has 0 spiro atoms. The Morgan fingerprint density at radius 2 is 2.62 bits per heavy atom. The first kappa shape index (κ1) is 9.05. The highest BCUT2D eigenvalue weighted by molar-refractivity contribution is 7.03. The summed E-state index contributed by atoms with van der Waals surface area (Å²) in [6.45, 7) is 3.71. The molecule has 2 heterocycles. The Labute approximate surface area is 81.4 Å². The molecule has 1 aliphatic rings. The van der Waals surface area contributed by atoms with Gasteiger partial charge in [0.1, 0.15) is 0 Å². The summed E-state index contributed by atoms with van der Waals surface area (Å²) in [5.74, 6) is 0. The molecule has 2 unspecified atom stereocenters. The van der Waals surface area contributed by atoms with E-state index < -0.39 is 0 Å². The van der Waals surface area contributed by atoms with Gasteiger partial charge in [0.05, 0.1) is 11.8 Å². The number of likely N-dealkylation sites (tertiary alicyclic amines) is 1. The zero-order valence-electron chi connectivity index (χ0n) is 7.55. The number of aliphatic hydroxyl groups excluding tert-OH is 1. The zero-order chi connectivity index (χ0) is 9.26. The van der Waals surface area contributed by atoms with Crippen molar-refractivity contribution in [1.29, 1.82) is 0 Å². The fourth-order valence-electron chi connectivity index (χ4n) is 1.75. The van der Waals surface area contributed by atoms with Crippen LogP contribution in [0.15, 0.2) is 5.38 Å². The van der Waals surface area contributed by atoms with E-state index in [1.807, 2.05) is 5.38 Å². The van der Waals surface area contributed by atoms with Crippen molar-refractivity contribution in [1.82, 2.24) is 14.5 Å². The molecular weight excluding hydrogens is 186 g/mol. The molecule has 0 aromatic carbocycles. The van der Waals surface area contributed by atoms with Crippen LogP contribution in [0.2, 0.25) is 0 Å². The van der Waals surface area contributed by atoms with Crippen LogP contribution in [0.4, 0.5) is 0 Å². The first-order valence-corrected chi connectivity index (χ1v) is 5.27. The van der Waals surface area contributed by atoms with Crippen LogP contribution >= 0.6 is 11.5 Å². The van der Waals surface area contributed by atoms with E-state index >= 15 is 0 Å². The topological polar surface area (TPSA) is 49.2 Å². The van der Waals surface area contributed by atoms with Gasteiger partial charge in [0, 0.05) is 24.5 Å². The van der Waals surface area contributed by atoms with Crippen molar-refractivity contribution >= 4 is 11.5 Å². The second kappa shape index (κ2) is 3.69. The lowest BCUT2D eigenvalue weighted by atomic mass is 10.2. The lowest BCUT2D eigenvalue weighted by Gasteiger charge is -2.18. The molecule has 1 aliphatic heterocycles. The number of rotatable bonds is 2. The highest BCUT2D eigenvalue weighted by Crippen LogP contribution is 2.19. The van der Waals surface area contributed by atoms with Crippen LogP contribution in [0.1, 0.15) is 19.0 Å². The number of β-amino-alcohol motifs (C(OH)–C–C–N with tert-alkyl or cyclic N) is 1. The molecule has 1 saturated heterocycles. The third-order valence-electron chi connectivity index (χ3n) is 2.45. The van der Waals surface area contributed by atoms with Gasteiger partial charge in [-0.25, -0.2) is 0 Å². The molecule has 2 atom stereocenters. The maximum atomic E-state index is 9.42. The molecule has 1 aromatic heterocycles. The van der Waals surface area contributed by atoms with Crippen molar-refractivity contribution < 1.29 is 5.11 Å². The van der Waals surface area contributed by atoms with Crippen molar-refractivity contribution in [3.8, 4) is 0 Å². The van der Waals surface area contributed by atoms with Gasteiger partial charge in [-0.2, -0.15) is 0 Å². The third-order valence-corrected chi connectivity index (χ3v) is 3.01. The molecule has 1 fully saturated rings. The van der Waals surface area contributed by atoms with E-state index in [0.717, 1.165) is 25.2 Å². The van der Waals surface area contributed by atoms with Gasteiger partial charge in [-0.15, -0.1) is 5.10 Å². The zero-order valence-corrected chi connectivity index (χ0v) is 8.37. The van der Waals surface area contributed by atoms with Gasteiger partial charge in [-0.1, -0.05) is 4.49 Å². The molecule has 0 bridgehead atoms. The minimum Gasteiger partial charge on any atom is -0.392 e. The fraction of sp³-hybridized carbons (Fsp3) is 0.750. The number of aromatic nitrogens is 2. The monoisotopic (exact) mass is 199 g/mol. The average molecular weight is 199 g/mol. The van der Waals surface area contributed by atoms with Crippen LogP contribution in [0, 0.1) is 0 Å². The number of aliphatic hydroxyl groups is 1. The van der Waals surface area contributed by atoms with Gasteiger partial charge < -0.3 is 5.11 Å². The van der Waals surface area contributed by atoms with E-state index in [-0.39, 0.29) is 6.10 Å². The predicted molar refractivity (Wildman–Crippen MR) is 50.4 cm³/mol. The van der Waals surface area contributed by atoms with Crippen molar-refractivity contribution in [2.24, 2.45) is 0 Å². The first-order valence-electron chi connectivity index (χ1n) is 4.44. The van der Waals surface area contributed by atoms with Crippen LogP contribution < -0.4 is 0 Å². The molecule has 0 aliphatic carbocycles. The number of hydrogen-bond donors (Lipinski definition) is 1. The second-order valence-electron chi connectivity index (χ2n) is 3.56. The lowest BCUT2D eigenvalue weighted by molar-refractivity contribution is 0.172. The van der Waals surface area contributed by atoms with E-state index in [0.29, 0.717) is 6.04 Å². The smallest absolute Gasteiger partial charge is 0.0895 e. The molecule has 72 valence electrons. The normalized spacial score (nSPS) is 29.7. The van der Waals surface area contributed by atoms with E-state index in [4.69, 9.17) is 0 Å². The van der Waals surface area contributed by atoms with Crippen LogP contribution in [0.5, 0.6) is 0 Å². The Kier molecular flexibility index (Phi) is 2.57. The number of nitrogens with zero attached hydrogens (tertiary/aromatic N) is 3. The average Bonchev–Trinajstić information content (AvgIpc) is 2.63. The van der Waals surface area contributed by atoms with Crippen molar-refractivity contribution in [2.45, 2.75) is 32.0 Å². The molecule has 0 amide bonds. The van der Waals surface area contributed by atoms with E-state index in [1.165, 1.54) is 11.5 Å². The Bertz CT molecular complexity index is 264. The predicted octanol–water partition coefficient (Wildman–Crippen LogP) is 0.493. The van der Waals surface area contributed by atoms with E-state index in [2.05, 4.69) is 21.4 Å². The molecule has 4 nitrogen and oxygen atoms in total. The standard InChI is InChI=1S/C8H13N3OS/c1-6-2-8(12)4-11(6)3-7-5-13-10-9-7/h5-6,8,12H,2-4H2,1H3. The minimum atomic E-state index is -0.165. The van der Waals surface area contributed by atoms with Crippen LogP contribution in [-0.4, -0.2) is 38.3 Å². The maximum absolute atomic E-state index is 9.42. The molecule has 1 N–H and O–H groups in total. The van der Waals surface area contributed by atoms with Crippen molar-refractivity contribution in [2.75, 3.05) is 6.54 Å². The Hall–Kier alpha value is -0.520. The molecule has 2 rings (SSSR count). The Morgan fingerprint density at radius 1 is 1.77 bits per heavy atom. The summed E-state index contributed by atoms with van der Waals surface area (Å²) in [7, 11) is 0. The van der Waals surface area contributed by atoms with E-state index in [1.54, 1.807) is 0 Å². The maximum Gasteiger partial charge on any atom is 0.0895 e. The second-order valence-corrected chi connectivity index (χ2v) is 4.17. The Balaban J connectivity index is 1.95.